The van der Waals surface area contributed by atoms with Crippen LogP contribution in [-0.4, -0.2) is 18.0 Å². The van der Waals surface area contributed by atoms with E-state index in [1.165, 1.54) is 19.3 Å². The van der Waals surface area contributed by atoms with Gasteiger partial charge < -0.3 is 10.5 Å². The van der Waals surface area contributed by atoms with Gasteiger partial charge in [0.15, 0.2) is 5.78 Å². The molecule has 4 heteroatoms. The lowest BCUT2D eigenvalue weighted by Crippen LogP contribution is -2.43. The molecule has 0 bridgehead atoms. The maximum absolute atomic E-state index is 12.7. The fourth-order valence-corrected chi connectivity index (χ4v) is 3.85. The van der Waals surface area contributed by atoms with Gasteiger partial charge in [0.2, 0.25) is 0 Å². The summed E-state index contributed by atoms with van der Waals surface area (Å²) in [4.78, 5) is 12.7. The lowest BCUT2D eigenvalue weighted by atomic mass is 9.74. The number of anilines is 1. The van der Waals surface area contributed by atoms with Gasteiger partial charge in [0.05, 0.1) is 16.3 Å². The van der Waals surface area contributed by atoms with E-state index in [9.17, 15) is 4.79 Å². The second-order valence-electron chi connectivity index (χ2n) is 6.38. The fraction of sp³-hybridized carbons (Fsp3) is 0.588. The topological polar surface area (TPSA) is 52.3 Å². The molecule has 0 radical (unpaired) electrons. The number of halogens is 1. The zero-order chi connectivity index (χ0) is 14.9. The molecule has 2 fully saturated rings. The third-order valence-electron chi connectivity index (χ3n) is 4.91. The molecule has 0 aromatic heterocycles. The monoisotopic (exact) mass is 307 g/mol. The van der Waals surface area contributed by atoms with Crippen LogP contribution >= 0.6 is 11.6 Å². The Bertz CT molecular complexity index is 532. The molecule has 0 amide bonds. The molecule has 1 saturated heterocycles. The van der Waals surface area contributed by atoms with Gasteiger partial charge in [0.25, 0.3) is 0 Å². The molecule has 3 nitrogen and oxygen atoms in total. The molecule has 2 aliphatic rings. The third-order valence-corrected chi connectivity index (χ3v) is 5.25. The Labute approximate surface area is 130 Å². The summed E-state index contributed by atoms with van der Waals surface area (Å²) in [5.74, 6) is 0.240. The number of ether oxygens (including phenoxy) is 1. The molecule has 3 rings (SSSR count). The van der Waals surface area contributed by atoms with Crippen molar-refractivity contribution in [2.75, 3.05) is 12.3 Å². The van der Waals surface area contributed by atoms with Gasteiger partial charge in [-0.05, 0) is 43.9 Å². The number of ketones is 1. The third kappa shape index (κ3) is 3.09. The quantitative estimate of drug-likeness (QED) is 0.657. The minimum Gasteiger partial charge on any atom is -0.398 e. The van der Waals surface area contributed by atoms with Gasteiger partial charge in [-0.2, -0.15) is 0 Å². The van der Waals surface area contributed by atoms with Crippen LogP contribution in [0.3, 0.4) is 0 Å². The molecule has 114 valence electrons. The molecule has 1 spiro atoms. The summed E-state index contributed by atoms with van der Waals surface area (Å²) in [6, 6.07) is 5.19. The number of rotatable bonds is 2. The highest BCUT2D eigenvalue weighted by atomic mass is 35.5. The number of carbonyl (C=O) groups excluding carboxylic acids is 1. The van der Waals surface area contributed by atoms with E-state index >= 15 is 0 Å². The summed E-state index contributed by atoms with van der Waals surface area (Å²) in [6.45, 7) is 0.694. The largest absolute Gasteiger partial charge is 0.398 e. The summed E-state index contributed by atoms with van der Waals surface area (Å²) in [5, 5.41) is 0.502. The predicted octanol–water partition coefficient (Wildman–Crippen LogP) is 4.23. The smallest absolute Gasteiger partial charge is 0.166 e. The predicted molar refractivity (Wildman–Crippen MR) is 84.7 cm³/mol. The normalized spacial score (nSPS) is 24.9. The van der Waals surface area contributed by atoms with Crippen LogP contribution in [0.25, 0.3) is 0 Å². The molecule has 1 aliphatic heterocycles. The van der Waals surface area contributed by atoms with Crippen molar-refractivity contribution in [3.05, 3.63) is 28.8 Å². The second kappa shape index (κ2) is 5.98. The molecule has 1 aliphatic carbocycles. The molecule has 1 aromatic rings. The maximum Gasteiger partial charge on any atom is 0.166 e. The summed E-state index contributed by atoms with van der Waals surface area (Å²) < 4.78 is 6.07. The Kier molecular flexibility index (Phi) is 4.23. The van der Waals surface area contributed by atoms with Gasteiger partial charge in [-0.1, -0.05) is 30.9 Å². The highest BCUT2D eigenvalue weighted by Crippen LogP contribution is 2.41. The van der Waals surface area contributed by atoms with Gasteiger partial charge >= 0.3 is 0 Å². The number of Topliss-reactive ketones (excluding diaryl/α,β-unsaturated/α-hetero) is 1. The number of nitrogen functional groups attached to an aromatic ring is 1. The molecule has 1 saturated carbocycles. The molecular formula is C17H22ClNO2. The summed E-state index contributed by atoms with van der Waals surface area (Å²) in [6.07, 6.45) is 7.58. The van der Waals surface area contributed by atoms with Crippen molar-refractivity contribution >= 4 is 23.1 Å². The van der Waals surface area contributed by atoms with Crippen LogP contribution in [-0.2, 0) is 4.74 Å². The Balaban J connectivity index is 1.76. The van der Waals surface area contributed by atoms with E-state index in [4.69, 9.17) is 22.1 Å². The minimum atomic E-state index is -0.0468. The molecule has 21 heavy (non-hydrogen) atoms. The first-order valence-corrected chi connectivity index (χ1v) is 8.21. The van der Waals surface area contributed by atoms with Crippen LogP contribution < -0.4 is 5.73 Å². The minimum absolute atomic E-state index is 0.0468. The average molecular weight is 308 g/mol. The standard InChI is InChI=1S/C17H22ClNO2/c18-14-5-4-12(10-15(14)19)16(20)13-6-9-21-17(11-13)7-2-1-3-8-17/h4-5,10,13H,1-3,6-9,11,19H2. The van der Waals surface area contributed by atoms with E-state index in [0.717, 1.165) is 25.7 Å². The van der Waals surface area contributed by atoms with Gasteiger partial charge in [-0.25, -0.2) is 0 Å². The highest BCUT2D eigenvalue weighted by molar-refractivity contribution is 6.33. The molecule has 1 atom stereocenters. The van der Waals surface area contributed by atoms with Crippen molar-refractivity contribution in [1.29, 1.82) is 0 Å². The van der Waals surface area contributed by atoms with E-state index in [1.807, 2.05) is 0 Å². The van der Waals surface area contributed by atoms with E-state index < -0.39 is 0 Å². The SMILES string of the molecule is Nc1cc(C(=O)C2CCOC3(CCCCC3)C2)ccc1Cl. The van der Waals surface area contributed by atoms with E-state index in [-0.39, 0.29) is 17.3 Å². The van der Waals surface area contributed by atoms with Crippen LogP contribution in [0.5, 0.6) is 0 Å². The molecule has 2 N–H and O–H groups in total. The van der Waals surface area contributed by atoms with Gasteiger partial charge in [-0.3, -0.25) is 4.79 Å². The van der Waals surface area contributed by atoms with Crippen LogP contribution in [0.4, 0.5) is 5.69 Å². The summed E-state index contributed by atoms with van der Waals surface area (Å²) in [5.41, 5.74) is 6.92. The Hall–Kier alpha value is -1.06. The van der Waals surface area contributed by atoms with E-state index in [2.05, 4.69) is 0 Å². The van der Waals surface area contributed by atoms with Gasteiger partial charge in [0, 0.05) is 18.1 Å². The Morgan fingerprint density at radius 3 is 2.76 bits per heavy atom. The van der Waals surface area contributed by atoms with Crippen LogP contribution in [0, 0.1) is 5.92 Å². The van der Waals surface area contributed by atoms with Crippen molar-refractivity contribution < 1.29 is 9.53 Å². The van der Waals surface area contributed by atoms with E-state index in [1.54, 1.807) is 18.2 Å². The molecule has 1 aromatic carbocycles. The van der Waals surface area contributed by atoms with Crippen LogP contribution in [0.2, 0.25) is 5.02 Å². The van der Waals surface area contributed by atoms with Crippen molar-refractivity contribution in [3.63, 3.8) is 0 Å². The lowest BCUT2D eigenvalue weighted by molar-refractivity contribution is -0.111. The molecular weight excluding hydrogens is 286 g/mol. The van der Waals surface area contributed by atoms with Crippen molar-refractivity contribution in [2.45, 2.75) is 50.5 Å². The first kappa shape index (κ1) is 14.9. The molecule has 1 heterocycles. The van der Waals surface area contributed by atoms with Gasteiger partial charge in [-0.15, -0.1) is 0 Å². The summed E-state index contributed by atoms with van der Waals surface area (Å²) >= 11 is 5.93. The molecule has 1 unspecified atom stereocenters. The van der Waals surface area contributed by atoms with Crippen LogP contribution in [0.1, 0.15) is 55.3 Å². The second-order valence-corrected chi connectivity index (χ2v) is 6.79. The van der Waals surface area contributed by atoms with Crippen molar-refractivity contribution in [2.24, 2.45) is 5.92 Å². The Morgan fingerprint density at radius 1 is 1.29 bits per heavy atom. The first-order valence-electron chi connectivity index (χ1n) is 7.83. The number of nitrogens with two attached hydrogens (primary N) is 1. The zero-order valence-corrected chi connectivity index (χ0v) is 13.0. The highest BCUT2D eigenvalue weighted by Gasteiger charge is 2.40. The average Bonchev–Trinajstić information content (AvgIpc) is 2.50. The number of hydrogen-bond donors (Lipinski definition) is 1. The zero-order valence-electron chi connectivity index (χ0n) is 12.2. The van der Waals surface area contributed by atoms with Crippen molar-refractivity contribution in [3.8, 4) is 0 Å². The number of benzene rings is 1. The lowest BCUT2D eigenvalue weighted by Gasteiger charge is -2.43. The number of hydrogen-bond acceptors (Lipinski definition) is 3. The number of carbonyl (C=O) groups is 1. The Morgan fingerprint density at radius 2 is 2.05 bits per heavy atom. The van der Waals surface area contributed by atoms with Crippen molar-refractivity contribution in [1.82, 2.24) is 0 Å². The maximum atomic E-state index is 12.7. The van der Waals surface area contributed by atoms with Crippen LogP contribution in [0.15, 0.2) is 18.2 Å². The summed E-state index contributed by atoms with van der Waals surface area (Å²) in [7, 11) is 0. The fourth-order valence-electron chi connectivity index (χ4n) is 3.73. The van der Waals surface area contributed by atoms with Gasteiger partial charge in [0.1, 0.15) is 0 Å². The first-order chi connectivity index (χ1) is 10.1. The van der Waals surface area contributed by atoms with E-state index in [0.29, 0.717) is 22.9 Å².